The van der Waals surface area contributed by atoms with Crippen LogP contribution in [-0.2, 0) is 12.2 Å². The Morgan fingerprint density at radius 3 is 1.74 bits per heavy atom. The monoisotopic (exact) mass is 832 g/mol. The van der Waals surface area contributed by atoms with Crippen molar-refractivity contribution in [2.75, 3.05) is 0 Å². The van der Waals surface area contributed by atoms with Crippen LogP contribution in [0.3, 0.4) is 0 Å². The molecule has 61 heavy (non-hydrogen) atoms. The second-order valence-electron chi connectivity index (χ2n) is 15.6. The van der Waals surface area contributed by atoms with Crippen LogP contribution in [0.25, 0.3) is 0 Å². The van der Waals surface area contributed by atoms with E-state index in [1.165, 1.54) is 78.9 Å². The van der Waals surface area contributed by atoms with E-state index in [4.69, 9.17) is 18.9 Å². The Labute approximate surface area is 344 Å². The van der Waals surface area contributed by atoms with Gasteiger partial charge in [0.1, 0.15) is 81.6 Å². The standard InChI is InChI=1S/C45H36O16/c46-20-6-1-17(2-7-20)41-39(56)37(34-28(53)15-25(50)23-14-30(55)40(58-42(23)34)18-3-10-24(49)26(51)11-18)35-29(54)16-32-36(43(35)59-41)38-33-27(52)12-22(48)13-31(33)60-45(61-32,44(38)57)19-4-8-21(47)9-5-19/h1-13,15-16,30,37-41,44,46-57H,14H2/t30-,37-,38-,39-,40-,41-,44-,45+/m1/s1. The number of phenolic OH excluding ortho intramolecular Hbond substituents is 9. The quantitative estimate of drug-likeness (QED) is 0.106. The molecule has 6 aromatic carbocycles. The number of aliphatic hydroxyl groups excluding tert-OH is 3. The first-order chi connectivity index (χ1) is 29.1. The van der Waals surface area contributed by atoms with Gasteiger partial charge >= 0.3 is 5.79 Å². The van der Waals surface area contributed by atoms with Gasteiger partial charge in [-0.05, 0) is 59.7 Å². The van der Waals surface area contributed by atoms with E-state index in [0.717, 1.165) is 12.1 Å². The van der Waals surface area contributed by atoms with Gasteiger partial charge in [-0.25, -0.2) is 0 Å². The molecular formula is C45H36O16. The maximum absolute atomic E-state index is 12.5. The summed E-state index contributed by atoms with van der Waals surface area (Å²) in [5, 5.41) is 134. The molecule has 0 saturated carbocycles. The summed E-state index contributed by atoms with van der Waals surface area (Å²) < 4.78 is 25.9. The van der Waals surface area contributed by atoms with Crippen molar-refractivity contribution in [3.05, 3.63) is 136 Å². The van der Waals surface area contributed by atoms with Gasteiger partial charge in [-0.3, -0.25) is 0 Å². The highest BCUT2D eigenvalue weighted by Gasteiger charge is 2.61. The number of aliphatic hydroxyl groups is 3. The molecule has 0 aliphatic carbocycles. The molecule has 8 atom stereocenters. The van der Waals surface area contributed by atoms with Gasteiger partial charge in [0, 0.05) is 64.1 Å². The summed E-state index contributed by atoms with van der Waals surface area (Å²) in [6, 6.07) is 19.5. The second-order valence-corrected chi connectivity index (χ2v) is 15.6. The number of phenols is 9. The second kappa shape index (κ2) is 13.3. The van der Waals surface area contributed by atoms with Gasteiger partial charge in [0.25, 0.3) is 0 Å². The fourth-order valence-corrected chi connectivity index (χ4v) is 9.22. The Balaban J connectivity index is 1.24. The Morgan fingerprint density at radius 2 is 1.05 bits per heavy atom. The van der Waals surface area contributed by atoms with Crippen molar-refractivity contribution in [3.63, 3.8) is 0 Å². The maximum Gasteiger partial charge on any atom is 0.305 e. The molecule has 0 unspecified atom stereocenters. The molecule has 4 aliphatic rings. The van der Waals surface area contributed by atoms with Crippen LogP contribution in [0.4, 0.5) is 0 Å². The van der Waals surface area contributed by atoms with Crippen LogP contribution >= 0.6 is 0 Å². The lowest BCUT2D eigenvalue weighted by molar-refractivity contribution is -0.219. The van der Waals surface area contributed by atoms with Crippen LogP contribution in [0.15, 0.2) is 91.0 Å². The number of rotatable bonds is 4. The minimum atomic E-state index is -2.11. The Hall–Kier alpha value is -7.40. The lowest BCUT2D eigenvalue weighted by Gasteiger charge is -2.51. The highest BCUT2D eigenvalue weighted by molar-refractivity contribution is 5.72. The summed E-state index contributed by atoms with van der Waals surface area (Å²) >= 11 is 0. The average Bonchev–Trinajstić information content (AvgIpc) is 3.20. The van der Waals surface area contributed by atoms with Gasteiger partial charge < -0.3 is 80.2 Å². The van der Waals surface area contributed by atoms with Crippen molar-refractivity contribution in [1.82, 2.24) is 0 Å². The van der Waals surface area contributed by atoms with Crippen LogP contribution < -0.4 is 18.9 Å². The molecular weight excluding hydrogens is 796 g/mol. The van der Waals surface area contributed by atoms with Gasteiger partial charge in [0.05, 0.1) is 17.9 Å². The molecule has 16 heteroatoms. The fourth-order valence-electron chi connectivity index (χ4n) is 9.22. The largest absolute Gasteiger partial charge is 0.508 e. The van der Waals surface area contributed by atoms with Crippen molar-refractivity contribution in [2.45, 2.75) is 54.6 Å². The molecule has 0 spiro atoms. The molecule has 0 aromatic heterocycles. The predicted molar refractivity (Wildman–Crippen MR) is 209 cm³/mol. The number of aromatic hydroxyl groups is 9. The zero-order chi connectivity index (χ0) is 42.8. The minimum absolute atomic E-state index is 0.00762. The zero-order valence-corrected chi connectivity index (χ0v) is 31.4. The highest BCUT2D eigenvalue weighted by atomic mass is 16.7. The van der Waals surface area contributed by atoms with Gasteiger partial charge in [0.15, 0.2) is 17.6 Å². The molecule has 16 nitrogen and oxygen atoms in total. The van der Waals surface area contributed by atoms with Crippen molar-refractivity contribution in [3.8, 4) is 74.7 Å². The van der Waals surface area contributed by atoms with Crippen LogP contribution in [-0.4, -0.2) is 79.6 Å². The van der Waals surface area contributed by atoms with Crippen molar-refractivity contribution in [2.24, 2.45) is 0 Å². The molecule has 2 bridgehead atoms. The first-order valence-corrected chi connectivity index (χ1v) is 19.0. The SMILES string of the molecule is Oc1ccc([C@H]2Oc3c(c(O)cc4c3[C@H]3c5c(O)cc(O)cc5O[C@@](c5ccc(O)cc5)(O4)[C@@H]3O)[C@@H](c3c(O)cc(O)c4c3O[C@H](c3ccc(O)c(O)c3)[C@H](O)C4)[C@H]2O)cc1. The minimum Gasteiger partial charge on any atom is -0.508 e. The van der Waals surface area contributed by atoms with Gasteiger partial charge in [-0.2, -0.15) is 0 Å². The fraction of sp³-hybridized carbons (Fsp3) is 0.200. The molecule has 0 amide bonds. The number of benzene rings is 6. The van der Waals surface area contributed by atoms with Crippen LogP contribution in [0, 0.1) is 0 Å². The number of ether oxygens (including phenoxy) is 4. The number of fused-ring (bicyclic) bond motifs is 9. The zero-order valence-electron chi connectivity index (χ0n) is 31.4. The van der Waals surface area contributed by atoms with E-state index >= 15 is 0 Å². The maximum atomic E-state index is 12.5. The topological polar surface area (TPSA) is 280 Å². The van der Waals surface area contributed by atoms with Crippen LogP contribution in [0.5, 0.6) is 74.7 Å². The molecule has 6 aromatic rings. The molecule has 0 radical (unpaired) electrons. The van der Waals surface area contributed by atoms with Crippen LogP contribution in [0.2, 0.25) is 0 Å². The van der Waals surface area contributed by atoms with E-state index in [2.05, 4.69) is 0 Å². The summed E-state index contributed by atoms with van der Waals surface area (Å²) in [5.41, 5.74) is 0.451. The lowest BCUT2D eigenvalue weighted by atomic mass is 9.71. The van der Waals surface area contributed by atoms with Gasteiger partial charge in [-0.1, -0.05) is 18.2 Å². The van der Waals surface area contributed by atoms with Crippen molar-refractivity contribution in [1.29, 1.82) is 0 Å². The molecule has 0 saturated heterocycles. The summed E-state index contributed by atoms with van der Waals surface area (Å²) in [4.78, 5) is 0. The van der Waals surface area contributed by atoms with E-state index in [0.29, 0.717) is 5.56 Å². The predicted octanol–water partition coefficient (Wildman–Crippen LogP) is 4.83. The Kier molecular flexibility index (Phi) is 8.25. The third kappa shape index (κ3) is 5.56. The summed E-state index contributed by atoms with van der Waals surface area (Å²) in [5.74, 6) is -9.17. The summed E-state index contributed by atoms with van der Waals surface area (Å²) in [6.07, 6.45) is -7.63. The molecule has 4 aliphatic heterocycles. The smallest absolute Gasteiger partial charge is 0.305 e. The lowest BCUT2D eigenvalue weighted by Crippen LogP contribution is -2.57. The van der Waals surface area contributed by atoms with E-state index < -0.39 is 82.6 Å². The van der Waals surface area contributed by atoms with E-state index in [9.17, 15) is 61.3 Å². The Bertz CT molecular complexity index is 2770. The summed E-state index contributed by atoms with van der Waals surface area (Å²) in [7, 11) is 0. The van der Waals surface area contributed by atoms with E-state index in [1.54, 1.807) is 0 Å². The first kappa shape index (κ1) is 37.8. The molecule has 312 valence electrons. The third-order valence-electron chi connectivity index (χ3n) is 12.0. The molecule has 4 heterocycles. The molecule has 12 N–H and O–H groups in total. The molecule has 0 fully saturated rings. The third-order valence-corrected chi connectivity index (χ3v) is 12.0. The van der Waals surface area contributed by atoms with Crippen molar-refractivity contribution >= 4 is 0 Å². The van der Waals surface area contributed by atoms with Crippen molar-refractivity contribution < 1.29 is 80.2 Å². The van der Waals surface area contributed by atoms with Gasteiger partial charge in [0.2, 0.25) is 0 Å². The summed E-state index contributed by atoms with van der Waals surface area (Å²) in [6.45, 7) is 0. The van der Waals surface area contributed by atoms with E-state index in [-0.39, 0.29) is 85.6 Å². The molecule has 10 rings (SSSR count). The van der Waals surface area contributed by atoms with E-state index in [1.807, 2.05) is 0 Å². The average molecular weight is 833 g/mol. The van der Waals surface area contributed by atoms with Crippen LogP contribution in [0.1, 0.15) is 68.6 Å². The number of hydrogen-bond acceptors (Lipinski definition) is 16. The highest BCUT2D eigenvalue weighted by Crippen LogP contribution is 2.65. The Morgan fingerprint density at radius 1 is 0.459 bits per heavy atom. The normalized spacial score (nSPS) is 25.6. The number of hydrogen-bond donors (Lipinski definition) is 12. The first-order valence-electron chi connectivity index (χ1n) is 19.0. The van der Waals surface area contributed by atoms with Gasteiger partial charge in [-0.15, -0.1) is 0 Å².